The summed E-state index contributed by atoms with van der Waals surface area (Å²) in [5.41, 5.74) is 1.58. The molecule has 1 unspecified atom stereocenters. The minimum atomic E-state index is -0.457. The van der Waals surface area contributed by atoms with Crippen molar-refractivity contribution < 1.29 is 19.1 Å². The second kappa shape index (κ2) is 12.2. The van der Waals surface area contributed by atoms with Gasteiger partial charge < -0.3 is 29.0 Å². The molecule has 10 nitrogen and oxygen atoms in total. The van der Waals surface area contributed by atoms with E-state index in [1.54, 1.807) is 6.20 Å². The van der Waals surface area contributed by atoms with Crippen molar-refractivity contribution >= 4 is 17.7 Å². The SMILES string of the molecule is Cn1cccc1C(=O)N1CCCCN(C(=O)C2CCC(=O)N2)CCCOc2cccc(c2)-c2nccn2CC1. The van der Waals surface area contributed by atoms with Gasteiger partial charge in [-0.1, -0.05) is 12.1 Å². The molecule has 2 aliphatic heterocycles. The van der Waals surface area contributed by atoms with Gasteiger partial charge >= 0.3 is 0 Å². The number of aromatic nitrogens is 3. The van der Waals surface area contributed by atoms with Crippen LogP contribution < -0.4 is 10.1 Å². The predicted octanol–water partition coefficient (Wildman–Crippen LogP) is 2.70. The molecule has 5 rings (SSSR count). The molecule has 1 saturated heterocycles. The van der Waals surface area contributed by atoms with Crippen molar-refractivity contribution in [2.75, 3.05) is 32.8 Å². The average molecular weight is 533 g/mol. The first-order valence-corrected chi connectivity index (χ1v) is 13.7. The van der Waals surface area contributed by atoms with E-state index in [1.165, 1.54) is 0 Å². The molecular formula is C29H36N6O4. The van der Waals surface area contributed by atoms with Gasteiger partial charge in [0.25, 0.3) is 5.91 Å². The van der Waals surface area contributed by atoms with E-state index in [-0.39, 0.29) is 17.7 Å². The highest BCUT2D eigenvalue weighted by molar-refractivity contribution is 5.93. The molecule has 3 aromatic rings. The number of amides is 3. The van der Waals surface area contributed by atoms with Gasteiger partial charge in [0.1, 0.15) is 23.3 Å². The monoisotopic (exact) mass is 532 g/mol. The highest BCUT2D eigenvalue weighted by Gasteiger charge is 2.30. The molecule has 1 aromatic carbocycles. The Morgan fingerprint density at radius 1 is 0.974 bits per heavy atom. The summed E-state index contributed by atoms with van der Waals surface area (Å²) in [7, 11) is 1.88. The van der Waals surface area contributed by atoms with Crippen molar-refractivity contribution in [3.05, 3.63) is 60.7 Å². The van der Waals surface area contributed by atoms with Crippen LogP contribution in [0.25, 0.3) is 11.4 Å². The van der Waals surface area contributed by atoms with Crippen molar-refractivity contribution in [1.82, 2.24) is 29.2 Å². The smallest absolute Gasteiger partial charge is 0.270 e. The number of hydrogen-bond donors (Lipinski definition) is 1. The molecule has 0 radical (unpaired) electrons. The minimum Gasteiger partial charge on any atom is -0.494 e. The first kappa shape index (κ1) is 26.5. The van der Waals surface area contributed by atoms with E-state index in [0.717, 1.165) is 30.0 Å². The second-order valence-electron chi connectivity index (χ2n) is 10.2. The Kier molecular flexibility index (Phi) is 8.29. The maximum absolute atomic E-state index is 13.5. The highest BCUT2D eigenvalue weighted by atomic mass is 16.5. The van der Waals surface area contributed by atoms with Crippen LogP contribution in [0, 0.1) is 0 Å². The Hall–Kier alpha value is -4.08. The zero-order valence-corrected chi connectivity index (χ0v) is 22.4. The number of aryl methyl sites for hydroxylation is 1. The van der Waals surface area contributed by atoms with Crippen molar-refractivity contribution in [1.29, 1.82) is 0 Å². The van der Waals surface area contributed by atoms with Crippen LogP contribution in [0.4, 0.5) is 0 Å². The van der Waals surface area contributed by atoms with Gasteiger partial charge in [-0.3, -0.25) is 14.4 Å². The third-order valence-electron chi connectivity index (χ3n) is 7.42. The maximum Gasteiger partial charge on any atom is 0.270 e. The third kappa shape index (κ3) is 6.32. The van der Waals surface area contributed by atoms with Crippen molar-refractivity contribution in [3.8, 4) is 17.1 Å². The number of benzene rings is 1. The van der Waals surface area contributed by atoms with Gasteiger partial charge in [0.15, 0.2) is 0 Å². The Morgan fingerprint density at radius 2 is 1.79 bits per heavy atom. The fourth-order valence-corrected chi connectivity index (χ4v) is 5.27. The molecule has 1 fully saturated rings. The van der Waals surface area contributed by atoms with Gasteiger partial charge in [-0.15, -0.1) is 0 Å². The Labute approximate surface area is 228 Å². The quantitative estimate of drug-likeness (QED) is 0.547. The molecular weight excluding hydrogens is 496 g/mol. The molecule has 39 heavy (non-hydrogen) atoms. The zero-order valence-electron chi connectivity index (χ0n) is 22.4. The summed E-state index contributed by atoms with van der Waals surface area (Å²) in [5.74, 6) is 1.44. The summed E-state index contributed by atoms with van der Waals surface area (Å²) in [6, 6.07) is 11.1. The fraction of sp³-hybridized carbons (Fsp3) is 0.448. The molecule has 3 amide bonds. The number of carbonyl (C=O) groups is 3. The molecule has 4 heterocycles. The number of nitrogens with zero attached hydrogens (tertiary/aromatic N) is 5. The number of carbonyl (C=O) groups excluding carboxylic acids is 3. The topological polar surface area (TPSA) is 102 Å². The summed E-state index contributed by atoms with van der Waals surface area (Å²) in [6.45, 7) is 3.29. The summed E-state index contributed by atoms with van der Waals surface area (Å²) >= 11 is 0. The molecule has 0 saturated carbocycles. The molecule has 0 spiro atoms. The van der Waals surface area contributed by atoms with Crippen LogP contribution in [-0.4, -0.2) is 80.5 Å². The average Bonchev–Trinajstić information content (AvgIpc) is 3.69. The van der Waals surface area contributed by atoms with Gasteiger partial charge in [-0.25, -0.2) is 4.98 Å². The molecule has 1 atom stereocenters. The molecule has 0 aliphatic carbocycles. The Balaban J connectivity index is 1.37. The maximum atomic E-state index is 13.5. The number of imidazole rings is 1. The number of fused-ring (bicyclic) bond motifs is 4. The summed E-state index contributed by atoms with van der Waals surface area (Å²) in [5, 5.41) is 2.81. The first-order chi connectivity index (χ1) is 19.0. The fourth-order valence-electron chi connectivity index (χ4n) is 5.27. The van der Waals surface area contributed by atoms with Gasteiger partial charge in [0, 0.05) is 70.3 Å². The van der Waals surface area contributed by atoms with Gasteiger partial charge in [0.05, 0.1) is 6.61 Å². The van der Waals surface area contributed by atoms with Crippen molar-refractivity contribution in [2.24, 2.45) is 7.05 Å². The minimum absolute atomic E-state index is 0.0147. The van der Waals surface area contributed by atoms with Crippen LogP contribution in [0.5, 0.6) is 5.75 Å². The molecule has 2 aromatic heterocycles. The molecule has 1 N–H and O–H groups in total. The third-order valence-corrected chi connectivity index (χ3v) is 7.42. The summed E-state index contributed by atoms with van der Waals surface area (Å²) < 4.78 is 9.95. The van der Waals surface area contributed by atoms with E-state index in [1.807, 2.05) is 70.2 Å². The van der Waals surface area contributed by atoms with Crippen molar-refractivity contribution in [3.63, 3.8) is 0 Å². The zero-order chi connectivity index (χ0) is 27.2. The van der Waals surface area contributed by atoms with Crippen LogP contribution in [0.1, 0.15) is 42.6 Å². The number of hydrogen-bond acceptors (Lipinski definition) is 5. The van der Waals surface area contributed by atoms with Gasteiger partial charge in [-0.05, 0) is 49.9 Å². The normalized spacial score (nSPS) is 19.1. The molecule has 10 heteroatoms. The Morgan fingerprint density at radius 3 is 2.56 bits per heavy atom. The van der Waals surface area contributed by atoms with Crippen molar-refractivity contribution in [2.45, 2.75) is 44.7 Å². The Bertz CT molecular complexity index is 1310. The van der Waals surface area contributed by atoms with Crippen LogP contribution in [-0.2, 0) is 23.2 Å². The van der Waals surface area contributed by atoms with E-state index in [9.17, 15) is 14.4 Å². The van der Waals surface area contributed by atoms with E-state index in [4.69, 9.17) is 4.74 Å². The summed E-state index contributed by atoms with van der Waals surface area (Å²) in [6.07, 6.45) is 8.69. The molecule has 206 valence electrons. The lowest BCUT2D eigenvalue weighted by Crippen LogP contribution is -2.45. The lowest BCUT2D eigenvalue weighted by Gasteiger charge is -2.27. The van der Waals surface area contributed by atoms with E-state index in [0.29, 0.717) is 64.3 Å². The standard InChI is InChI=1S/C29H36N6O4/c1-32-13-5-9-25(32)29(38)35-15-3-2-14-34(28(37)24-10-11-26(36)31-24)16-6-20-39-23-8-4-7-22(21-23)27-30-12-17-33(27)18-19-35/h4-5,7-9,12-13,17,21,24H,2-3,6,10-11,14-16,18-20H2,1H3,(H,31,36). The number of rotatable bonds is 2. The molecule has 2 bridgehead atoms. The van der Waals surface area contributed by atoms with E-state index < -0.39 is 6.04 Å². The second-order valence-corrected chi connectivity index (χ2v) is 10.2. The van der Waals surface area contributed by atoms with Crippen LogP contribution in [0.3, 0.4) is 0 Å². The summed E-state index contributed by atoms with van der Waals surface area (Å²) in [4.78, 5) is 46.8. The largest absolute Gasteiger partial charge is 0.494 e. The predicted molar refractivity (Wildman–Crippen MR) is 146 cm³/mol. The van der Waals surface area contributed by atoms with Gasteiger partial charge in [-0.2, -0.15) is 0 Å². The van der Waals surface area contributed by atoms with Gasteiger partial charge in [0.2, 0.25) is 11.8 Å². The number of nitrogens with one attached hydrogen (secondary N) is 1. The van der Waals surface area contributed by atoms with E-state index >= 15 is 0 Å². The highest BCUT2D eigenvalue weighted by Crippen LogP contribution is 2.23. The van der Waals surface area contributed by atoms with Crippen LogP contribution >= 0.6 is 0 Å². The lowest BCUT2D eigenvalue weighted by atomic mass is 10.1. The van der Waals surface area contributed by atoms with E-state index in [2.05, 4.69) is 14.9 Å². The van der Waals surface area contributed by atoms with Crippen LogP contribution in [0.2, 0.25) is 0 Å². The molecule has 2 aliphatic rings. The lowest BCUT2D eigenvalue weighted by molar-refractivity contribution is -0.134. The van der Waals surface area contributed by atoms with Crippen LogP contribution in [0.15, 0.2) is 55.0 Å². The first-order valence-electron chi connectivity index (χ1n) is 13.7. The number of ether oxygens (including phenoxy) is 1.